The maximum atomic E-state index is 13.0. The molecule has 1 heterocycles. The second-order valence-electron chi connectivity index (χ2n) is 3.86. The lowest BCUT2D eigenvalue weighted by Gasteiger charge is -2.07. The van der Waals surface area contributed by atoms with Crippen molar-refractivity contribution in [1.82, 2.24) is 4.98 Å². The molecule has 0 aliphatic heterocycles. The minimum atomic E-state index is -0.202. The summed E-state index contributed by atoms with van der Waals surface area (Å²) in [6.07, 6.45) is 4.34. The minimum Gasteiger partial charge on any atom is -0.493 e. The number of halogens is 1. The van der Waals surface area contributed by atoms with Gasteiger partial charge in [-0.15, -0.1) is 0 Å². The molecule has 0 bridgehead atoms. The summed E-state index contributed by atoms with van der Waals surface area (Å²) < 4.78 is 18.6. The van der Waals surface area contributed by atoms with Crippen LogP contribution in [0.15, 0.2) is 42.7 Å². The zero-order chi connectivity index (χ0) is 12.1. The van der Waals surface area contributed by atoms with E-state index in [2.05, 4.69) is 4.98 Å². The van der Waals surface area contributed by atoms with Gasteiger partial charge in [0, 0.05) is 18.8 Å². The van der Waals surface area contributed by atoms with Gasteiger partial charge in [0.25, 0.3) is 0 Å². The molecule has 0 radical (unpaired) electrons. The van der Waals surface area contributed by atoms with E-state index in [4.69, 9.17) is 4.74 Å². The number of ether oxygens (including phenoxy) is 1. The second-order valence-corrected chi connectivity index (χ2v) is 3.86. The molecule has 1 aromatic carbocycles. The molecule has 3 heteroatoms. The molecule has 0 saturated heterocycles. The van der Waals surface area contributed by atoms with Crippen molar-refractivity contribution in [2.45, 2.75) is 13.3 Å². The van der Waals surface area contributed by atoms with Gasteiger partial charge in [0.15, 0.2) is 0 Å². The summed E-state index contributed by atoms with van der Waals surface area (Å²) in [6.45, 7) is 2.31. The average molecular weight is 231 g/mol. The van der Waals surface area contributed by atoms with E-state index in [1.54, 1.807) is 31.5 Å². The predicted octanol–water partition coefficient (Wildman–Crippen LogP) is 3.15. The van der Waals surface area contributed by atoms with Crippen LogP contribution >= 0.6 is 0 Å². The molecule has 0 aliphatic rings. The van der Waals surface area contributed by atoms with Crippen LogP contribution in [0.1, 0.15) is 11.1 Å². The average Bonchev–Trinajstić information content (AvgIpc) is 2.35. The topological polar surface area (TPSA) is 22.1 Å². The highest BCUT2D eigenvalue weighted by atomic mass is 19.1. The van der Waals surface area contributed by atoms with E-state index in [0.29, 0.717) is 17.9 Å². The summed E-state index contributed by atoms with van der Waals surface area (Å²) >= 11 is 0. The summed E-state index contributed by atoms with van der Waals surface area (Å²) in [4.78, 5) is 3.95. The van der Waals surface area contributed by atoms with Crippen molar-refractivity contribution in [3.05, 3.63) is 59.7 Å². The first-order valence-electron chi connectivity index (χ1n) is 5.53. The van der Waals surface area contributed by atoms with Gasteiger partial charge in [-0.2, -0.15) is 0 Å². The third-order valence-corrected chi connectivity index (χ3v) is 2.54. The molecule has 1 aromatic heterocycles. The molecular weight excluding hydrogens is 217 g/mol. The standard InChI is InChI=1S/C14H14FNO/c1-11-10-13(2-3-14(11)15)17-9-6-12-4-7-16-8-5-12/h2-5,7-8,10H,6,9H2,1H3. The molecule has 0 unspecified atom stereocenters. The van der Waals surface area contributed by atoms with Gasteiger partial charge in [0.2, 0.25) is 0 Å². The number of pyridine rings is 1. The Morgan fingerprint density at radius 3 is 2.65 bits per heavy atom. The molecule has 0 amide bonds. The van der Waals surface area contributed by atoms with Crippen LogP contribution in [0.3, 0.4) is 0 Å². The molecule has 0 aliphatic carbocycles. The number of aryl methyl sites for hydroxylation is 1. The van der Waals surface area contributed by atoms with Crippen molar-refractivity contribution in [3.63, 3.8) is 0 Å². The Morgan fingerprint density at radius 2 is 1.94 bits per heavy atom. The molecule has 0 saturated carbocycles. The van der Waals surface area contributed by atoms with Crippen LogP contribution in [0.5, 0.6) is 5.75 Å². The van der Waals surface area contributed by atoms with Crippen molar-refractivity contribution in [2.24, 2.45) is 0 Å². The summed E-state index contributed by atoms with van der Waals surface area (Å²) in [5, 5.41) is 0. The number of aromatic nitrogens is 1. The maximum Gasteiger partial charge on any atom is 0.126 e. The Hall–Kier alpha value is -1.90. The van der Waals surface area contributed by atoms with E-state index < -0.39 is 0 Å². The molecule has 0 fully saturated rings. The van der Waals surface area contributed by atoms with E-state index in [9.17, 15) is 4.39 Å². The van der Waals surface area contributed by atoms with Crippen LogP contribution in [0.25, 0.3) is 0 Å². The lowest BCUT2D eigenvalue weighted by molar-refractivity contribution is 0.321. The number of hydrogen-bond donors (Lipinski definition) is 0. The Kier molecular flexibility index (Phi) is 3.70. The third kappa shape index (κ3) is 3.28. The summed E-state index contributed by atoms with van der Waals surface area (Å²) in [7, 11) is 0. The fourth-order valence-corrected chi connectivity index (χ4v) is 1.54. The van der Waals surface area contributed by atoms with Crippen LogP contribution in [0.2, 0.25) is 0 Å². The Morgan fingerprint density at radius 1 is 1.18 bits per heavy atom. The van der Waals surface area contributed by atoms with E-state index in [1.807, 2.05) is 12.1 Å². The highest BCUT2D eigenvalue weighted by Gasteiger charge is 2.00. The number of rotatable bonds is 4. The fourth-order valence-electron chi connectivity index (χ4n) is 1.54. The van der Waals surface area contributed by atoms with Crippen LogP contribution < -0.4 is 4.74 Å². The van der Waals surface area contributed by atoms with E-state index in [0.717, 1.165) is 6.42 Å². The predicted molar refractivity (Wildman–Crippen MR) is 64.6 cm³/mol. The van der Waals surface area contributed by atoms with Crippen LogP contribution in [-0.4, -0.2) is 11.6 Å². The monoisotopic (exact) mass is 231 g/mol. The van der Waals surface area contributed by atoms with Gasteiger partial charge >= 0.3 is 0 Å². The van der Waals surface area contributed by atoms with Crippen LogP contribution in [-0.2, 0) is 6.42 Å². The molecule has 0 spiro atoms. The molecule has 0 N–H and O–H groups in total. The zero-order valence-corrected chi connectivity index (χ0v) is 9.69. The molecule has 17 heavy (non-hydrogen) atoms. The zero-order valence-electron chi connectivity index (χ0n) is 9.69. The van der Waals surface area contributed by atoms with Gasteiger partial charge in [0.05, 0.1) is 6.61 Å². The lowest BCUT2D eigenvalue weighted by Crippen LogP contribution is -2.01. The lowest BCUT2D eigenvalue weighted by atomic mass is 10.2. The van der Waals surface area contributed by atoms with Crippen LogP contribution in [0.4, 0.5) is 4.39 Å². The SMILES string of the molecule is Cc1cc(OCCc2ccncc2)ccc1F. The largest absolute Gasteiger partial charge is 0.493 e. The van der Waals surface area contributed by atoms with Crippen molar-refractivity contribution < 1.29 is 9.13 Å². The van der Waals surface area contributed by atoms with Crippen molar-refractivity contribution >= 4 is 0 Å². The number of benzene rings is 1. The van der Waals surface area contributed by atoms with Gasteiger partial charge in [0.1, 0.15) is 11.6 Å². The van der Waals surface area contributed by atoms with Gasteiger partial charge < -0.3 is 4.74 Å². The smallest absolute Gasteiger partial charge is 0.126 e. The Bertz CT molecular complexity index is 485. The highest BCUT2D eigenvalue weighted by molar-refractivity contribution is 5.28. The minimum absolute atomic E-state index is 0.202. The summed E-state index contributed by atoms with van der Waals surface area (Å²) in [5.74, 6) is 0.504. The summed E-state index contributed by atoms with van der Waals surface area (Å²) in [6, 6.07) is 8.70. The third-order valence-electron chi connectivity index (χ3n) is 2.54. The first-order chi connectivity index (χ1) is 8.25. The van der Waals surface area contributed by atoms with Gasteiger partial charge in [-0.05, 0) is 48.4 Å². The second kappa shape index (κ2) is 5.43. The fraction of sp³-hybridized carbons (Fsp3) is 0.214. The Balaban J connectivity index is 1.88. The molecule has 2 rings (SSSR count). The van der Waals surface area contributed by atoms with Gasteiger partial charge in [-0.3, -0.25) is 4.98 Å². The molecule has 0 atom stereocenters. The molecule has 2 nitrogen and oxygen atoms in total. The van der Waals surface area contributed by atoms with Crippen molar-refractivity contribution in [3.8, 4) is 5.75 Å². The van der Waals surface area contributed by atoms with Crippen LogP contribution in [0, 0.1) is 12.7 Å². The number of hydrogen-bond acceptors (Lipinski definition) is 2. The summed E-state index contributed by atoms with van der Waals surface area (Å²) in [5.41, 5.74) is 1.78. The van der Waals surface area contributed by atoms with Gasteiger partial charge in [-0.25, -0.2) is 4.39 Å². The maximum absolute atomic E-state index is 13.0. The quantitative estimate of drug-likeness (QED) is 0.806. The Labute approximate surface area is 100 Å². The normalized spacial score (nSPS) is 10.2. The molecule has 88 valence electrons. The van der Waals surface area contributed by atoms with Crippen molar-refractivity contribution in [2.75, 3.05) is 6.61 Å². The van der Waals surface area contributed by atoms with Gasteiger partial charge in [-0.1, -0.05) is 0 Å². The van der Waals surface area contributed by atoms with E-state index in [1.165, 1.54) is 11.6 Å². The van der Waals surface area contributed by atoms with E-state index in [-0.39, 0.29) is 5.82 Å². The van der Waals surface area contributed by atoms with Crippen molar-refractivity contribution in [1.29, 1.82) is 0 Å². The first-order valence-corrected chi connectivity index (χ1v) is 5.53. The number of nitrogens with zero attached hydrogens (tertiary/aromatic N) is 1. The van der Waals surface area contributed by atoms with E-state index >= 15 is 0 Å². The highest BCUT2D eigenvalue weighted by Crippen LogP contribution is 2.16. The molecular formula is C14H14FNO. The first kappa shape index (κ1) is 11.6. The molecule has 2 aromatic rings.